The highest BCUT2D eigenvalue weighted by atomic mass is 16.5. The van der Waals surface area contributed by atoms with Gasteiger partial charge in [-0.05, 0) is 30.2 Å². The van der Waals surface area contributed by atoms with Gasteiger partial charge in [-0.1, -0.05) is 0 Å². The van der Waals surface area contributed by atoms with Crippen molar-refractivity contribution in [3.63, 3.8) is 0 Å². The molecule has 0 unspecified atom stereocenters. The summed E-state index contributed by atoms with van der Waals surface area (Å²) in [5, 5.41) is 57.8. The van der Waals surface area contributed by atoms with Crippen molar-refractivity contribution >= 4 is 16.8 Å². The first-order chi connectivity index (χ1) is 13.7. The number of methoxy groups -OCH3 is 1. The van der Waals surface area contributed by atoms with E-state index in [2.05, 4.69) is 10.3 Å². The summed E-state index contributed by atoms with van der Waals surface area (Å²) in [4.78, 5) is 14.0. The number of nitrogens with one attached hydrogen (secondary N) is 2. The molecule has 1 fully saturated rings. The molecule has 29 heavy (non-hydrogen) atoms. The summed E-state index contributed by atoms with van der Waals surface area (Å²) in [6.07, 6.45) is -7.05. The number of rotatable bonds is 4. The Bertz CT molecular complexity index is 752. The van der Waals surface area contributed by atoms with Gasteiger partial charge >= 0.3 is 0 Å². The van der Waals surface area contributed by atoms with E-state index in [9.17, 15) is 4.79 Å². The minimum atomic E-state index is -1.64. The number of benzene rings is 1. The lowest BCUT2D eigenvalue weighted by molar-refractivity contribution is -0.223. The number of ether oxygens (including phenoxy) is 1. The van der Waals surface area contributed by atoms with Gasteiger partial charge in [0.15, 0.2) is 0 Å². The molecule has 1 aromatic carbocycles. The van der Waals surface area contributed by atoms with E-state index in [1.807, 2.05) is 24.4 Å². The molecular formula is C19H28N2O8. The molecule has 1 aromatic heterocycles. The Hall–Kier alpha value is -2.21. The predicted molar refractivity (Wildman–Crippen MR) is 103 cm³/mol. The Kier molecular flexibility index (Phi) is 7.96. The van der Waals surface area contributed by atoms with Crippen LogP contribution in [0.3, 0.4) is 0 Å². The normalized spacial score (nSPS) is 29.1. The highest BCUT2D eigenvalue weighted by molar-refractivity contribution is 5.84. The molecule has 162 valence electrons. The second-order valence-corrected chi connectivity index (χ2v) is 6.90. The second-order valence-electron chi connectivity index (χ2n) is 6.90. The van der Waals surface area contributed by atoms with Crippen LogP contribution in [0.15, 0.2) is 24.4 Å². The van der Waals surface area contributed by atoms with Gasteiger partial charge in [-0.2, -0.15) is 0 Å². The van der Waals surface area contributed by atoms with Gasteiger partial charge in [0.1, 0.15) is 42.4 Å². The number of H-pyrrole nitrogens is 1. The third-order valence-corrected chi connectivity index (χ3v) is 4.84. The van der Waals surface area contributed by atoms with E-state index < -0.39 is 36.6 Å². The third kappa shape index (κ3) is 5.44. The molecule has 8 N–H and O–H groups in total. The summed E-state index contributed by atoms with van der Waals surface area (Å²) in [6, 6.07) is 5.93. The van der Waals surface area contributed by atoms with Crippen LogP contribution in [0, 0.1) is 0 Å². The lowest BCUT2D eigenvalue weighted by Gasteiger charge is -2.39. The monoisotopic (exact) mass is 412 g/mol. The molecule has 1 aliphatic carbocycles. The first kappa shape index (κ1) is 23.1. The molecule has 0 aliphatic heterocycles. The molecule has 0 radical (unpaired) electrons. The van der Waals surface area contributed by atoms with E-state index in [4.69, 9.17) is 35.4 Å². The standard InChI is InChI=1S/C13H16N2O2.C6H12O6/c1-9(16)14-6-5-10-8-15-13-4-3-11(17-2)7-12(10)13;7-1-2(8)4(10)6(12)5(11)3(1)9/h3-4,7-8,15H,5-6H2,1-2H3,(H,14,16);1-12H. The first-order valence-corrected chi connectivity index (χ1v) is 9.14. The van der Waals surface area contributed by atoms with Crippen molar-refractivity contribution in [1.82, 2.24) is 10.3 Å². The number of aliphatic hydroxyl groups is 6. The van der Waals surface area contributed by atoms with E-state index in [0.29, 0.717) is 6.54 Å². The maximum atomic E-state index is 10.8. The number of hydrogen-bond acceptors (Lipinski definition) is 8. The highest BCUT2D eigenvalue weighted by Crippen LogP contribution is 2.24. The molecule has 0 atom stereocenters. The summed E-state index contributed by atoms with van der Waals surface area (Å²) >= 11 is 0. The Morgan fingerprint density at radius 2 is 1.52 bits per heavy atom. The van der Waals surface area contributed by atoms with Crippen LogP contribution >= 0.6 is 0 Å². The van der Waals surface area contributed by atoms with Gasteiger partial charge in [-0.3, -0.25) is 4.79 Å². The van der Waals surface area contributed by atoms with Crippen molar-refractivity contribution < 1.29 is 40.2 Å². The third-order valence-electron chi connectivity index (χ3n) is 4.84. The van der Waals surface area contributed by atoms with Crippen molar-refractivity contribution in [3.05, 3.63) is 30.0 Å². The summed E-state index contributed by atoms with van der Waals surface area (Å²) in [5.74, 6) is 0.847. The molecule has 10 nitrogen and oxygen atoms in total. The molecular weight excluding hydrogens is 384 g/mol. The quantitative estimate of drug-likeness (QED) is 0.285. The summed E-state index contributed by atoms with van der Waals surface area (Å²) in [5.41, 5.74) is 2.27. The van der Waals surface area contributed by atoms with Gasteiger partial charge in [0.25, 0.3) is 0 Å². The minimum absolute atomic E-state index is 0.00224. The molecule has 0 spiro atoms. The van der Waals surface area contributed by atoms with Gasteiger partial charge in [0.05, 0.1) is 7.11 Å². The molecule has 2 aromatic rings. The molecule has 1 aliphatic rings. The zero-order chi connectivity index (χ0) is 21.7. The number of fused-ring (bicyclic) bond motifs is 1. The van der Waals surface area contributed by atoms with Gasteiger partial charge in [-0.25, -0.2) is 0 Å². The second kappa shape index (κ2) is 10.0. The predicted octanol–water partition coefficient (Wildman–Crippen LogP) is -1.98. The number of hydrogen-bond donors (Lipinski definition) is 8. The van der Waals surface area contributed by atoms with Crippen LogP contribution in [0.4, 0.5) is 0 Å². The fourth-order valence-electron chi connectivity index (χ4n) is 3.08. The van der Waals surface area contributed by atoms with Crippen molar-refractivity contribution in [2.24, 2.45) is 0 Å². The first-order valence-electron chi connectivity index (χ1n) is 9.14. The van der Waals surface area contributed by atoms with Crippen molar-refractivity contribution in [1.29, 1.82) is 0 Å². The number of amides is 1. The van der Waals surface area contributed by atoms with E-state index >= 15 is 0 Å². The number of aliphatic hydroxyl groups excluding tert-OH is 6. The molecule has 1 saturated carbocycles. The molecule has 1 amide bonds. The van der Waals surface area contributed by atoms with E-state index in [0.717, 1.165) is 23.1 Å². The maximum absolute atomic E-state index is 10.8. The molecule has 1 heterocycles. The van der Waals surface area contributed by atoms with E-state index in [1.165, 1.54) is 12.5 Å². The fraction of sp³-hybridized carbons (Fsp3) is 0.526. The molecule has 0 bridgehead atoms. The van der Waals surface area contributed by atoms with Crippen LogP contribution in [0.2, 0.25) is 0 Å². The zero-order valence-corrected chi connectivity index (χ0v) is 16.2. The Morgan fingerprint density at radius 3 is 1.97 bits per heavy atom. The largest absolute Gasteiger partial charge is 0.497 e. The fourth-order valence-corrected chi connectivity index (χ4v) is 3.08. The molecule has 0 saturated heterocycles. The lowest BCUT2D eigenvalue weighted by atomic mass is 9.85. The van der Waals surface area contributed by atoms with Crippen molar-refractivity contribution in [2.45, 2.75) is 50.0 Å². The van der Waals surface area contributed by atoms with Crippen LogP contribution < -0.4 is 10.1 Å². The molecule has 10 heteroatoms. The van der Waals surface area contributed by atoms with Crippen LogP contribution in [0.1, 0.15) is 12.5 Å². The van der Waals surface area contributed by atoms with Gasteiger partial charge < -0.3 is 45.7 Å². The summed E-state index contributed by atoms with van der Waals surface area (Å²) < 4.78 is 5.21. The minimum Gasteiger partial charge on any atom is -0.497 e. The number of carbonyl (C=O) groups excluding carboxylic acids is 1. The van der Waals surface area contributed by atoms with Crippen LogP contribution in [0.25, 0.3) is 10.9 Å². The smallest absolute Gasteiger partial charge is 0.216 e. The lowest BCUT2D eigenvalue weighted by Crippen LogP contribution is -2.63. The Balaban J connectivity index is 0.000000221. The highest BCUT2D eigenvalue weighted by Gasteiger charge is 2.47. The number of aromatic nitrogens is 1. The van der Waals surface area contributed by atoms with E-state index in [1.54, 1.807) is 7.11 Å². The average Bonchev–Trinajstić information content (AvgIpc) is 3.11. The van der Waals surface area contributed by atoms with Gasteiger partial charge in [0, 0.05) is 30.6 Å². The Morgan fingerprint density at radius 1 is 1.00 bits per heavy atom. The van der Waals surface area contributed by atoms with Gasteiger partial charge in [0.2, 0.25) is 5.91 Å². The maximum Gasteiger partial charge on any atom is 0.216 e. The van der Waals surface area contributed by atoms with E-state index in [-0.39, 0.29) is 5.91 Å². The van der Waals surface area contributed by atoms with Crippen LogP contribution in [-0.4, -0.2) is 91.8 Å². The number of carbonyl (C=O) groups is 1. The van der Waals surface area contributed by atoms with Crippen molar-refractivity contribution in [3.8, 4) is 5.75 Å². The zero-order valence-electron chi connectivity index (χ0n) is 16.2. The van der Waals surface area contributed by atoms with Crippen molar-refractivity contribution in [2.75, 3.05) is 13.7 Å². The van der Waals surface area contributed by atoms with Crippen LogP contribution in [0.5, 0.6) is 5.75 Å². The number of aromatic amines is 1. The molecule has 3 rings (SSSR count). The Labute approximate surface area is 167 Å². The summed E-state index contributed by atoms with van der Waals surface area (Å²) in [6.45, 7) is 2.18. The topological polar surface area (TPSA) is 175 Å². The van der Waals surface area contributed by atoms with Crippen LogP contribution in [-0.2, 0) is 11.2 Å². The average molecular weight is 412 g/mol. The summed E-state index contributed by atoms with van der Waals surface area (Å²) in [7, 11) is 1.66. The van der Waals surface area contributed by atoms with Gasteiger partial charge in [-0.15, -0.1) is 0 Å². The SMILES string of the molecule is COc1ccc2[nH]cc(CCNC(C)=O)c2c1.OC1C(O)C(O)C(O)C(O)C1O.